The normalized spacial score (nSPS) is 21.1. The highest BCUT2D eigenvalue weighted by Gasteiger charge is 2.22. The molecule has 0 spiro atoms. The Labute approximate surface area is 186 Å². The third kappa shape index (κ3) is 5.02. The maximum atomic E-state index is 12.1. The molecule has 0 bridgehead atoms. The van der Waals surface area contributed by atoms with Crippen LogP contribution in [0, 0.1) is 5.92 Å². The summed E-state index contributed by atoms with van der Waals surface area (Å²) < 4.78 is 5.58. The van der Waals surface area contributed by atoms with E-state index in [4.69, 9.17) is 4.74 Å². The molecule has 31 heavy (non-hydrogen) atoms. The van der Waals surface area contributed by atoms with Crippen LogP contribution in [0.25, 0.3) is 11.1 Å². The van der Waals surface area contributed by atoms with Crippen molar-refractivity contribution in [1.29, 1.82) is 0 Å². The second-order valence-electron chi connectivity index (χ2n) is 9.52. The molecule has 4 heteroatoms. The number of nitrogens with one attached hydrogen (secondary N) is 1. The second kappa shape index (κ2) is 9.54. The van der Waals surface area contributed by atoms with Gasteiger partial charge in [0.1, 0.15) is 0 Å². The summed E-state index contributed by atoms with van der Waals surface area (Å²) in [4.78, 5) is 14.7. The Morgan fingerprint density at radius 2 is 1.87 bits per heavy atom. The van der Waals surface area contributed by atoms with Crippen molar-refractivity contribution in [2.24, 2.45) is 5.92 Å². The van der Waals surface area contributed by atoms with Gasteiger partial charge in [0, 0.05) is 26.1 Å². The quantitative estimate of drug-likeness (QED) is 0.612. The lowest BCUT2D eigenvalue weighted by atomic mass is 9.91. The van der Waals surface area contributed by atoms with Gasteiger partial charge >= 0.3 is 0 Å². The summed E-state index contributed by atoms with van der Waals surface area (Å²) in [6, 6.07) is 15.8. The number of likely N-dealkylation sites (tertiary alicyclic amines) is 1. The van der Waals surface area contributed by atoms with Crippen LogP contribution < -0.4 is 5.32 Å². The van der Waals surface area contributed by atoms with Crippen molar-refractivity contribution in [2.45, 2.75) is 57.6 Å². The zero-order valence-corrected chi connectivity index (χ0v) is 18.4. The predicted octanol–water partition coefficient (Wildman–Crippen LogP) is 4.55. The number of carbonyl (C=O) groups excluding carboxylic acids is 1. The van der Waals surface area contributed by atoms with E-state index in [1.54, 1.807) is 0 Å². The first-order valence-electron chi connectivity index (χ1n) is 12.1. The van der Waals surface area contributed by atoms with Gasteiger partial charge in [0.05, 0.1) is 6.10 Å². The highest BCUT2D eigenvalue weighted by atomic mass is 16.5. The van der Waals surface area contributed by atoms with Gasteiger partial charge in [0.25, 0.3) is 0 Å². The highest BCUT2D eigenvalue weighted by Crippen LogP contribution is 2.37. The summed E-state index contributed by atoms with van der Waals surface area (Å²) in [6.45, 7) is 4.85. The van der Waals surface area contributed by atoms with Crippen LogP contribution in [0.5, 0.6) is 0 Å². The van der Waals surface area contributed by atoms with Crippen LogP contribution in [0.2, 0.25) is 0 Å². The molecule has 1 aliphatic carbocycles. The fourth-order valence-electron chi connectivity index (χ4n) is 5.44. The van der Waals surface area contributed by atoms with Gasteiger partial charge in [-0.3, -0.25) is 9.69 Å². The molecule has 2 saturated heterocycles. The Hall–Kier alpha value is -2.17. The zero-order valence-electron chi connectivity index (χ0n) is 18.4. The number of amides is 1. The fourth-order valence-corrected chi connectivity index (χ4v) is 5.44. The van der Waals surface area contributed by atoms with Gasteiger partial charge in [0.15, 0.2) is 0 Å². The second-order valence-corrected chi connectivity index (χ2v) is 9.52. The van der Waals surface area contributed by atoms with Gasteiger partial charge in [-0.05, 0) is 85.3 Å². The fraction of sp³-hybridized carbons (Fsp3) is 0.519. The molecule has 2 aliphatic heterocycles. The number of piperidine rings is 1. The molecule has 3 aliphatic rings. The van der Waals surface area contributed by atoms with E-state index >= 15 is 0 Å². The van der Waals surface area contributed by atoms with Crippen molar-refractivity contribution in [3.63, 3.8) is 0 Å². The summed E-state index contributed by atoms with van der Waals surface area (Å²) in [6.07, 6.45) is 7.58. The molecule has 1 amide bonds. The minimum absolute atomic E-state index is 0.192. The summed E-state index contributed by atoms with van der Waals surface area (Å²) in [5.74, 6) is 0.872. The molecule has 1 atom stereocenters. The van der Waals surface area contributed by atoms with Crippen LogP contribution in [0.3, 0.4) is 0 Å². The van der Waals surface area contributed by atoms with E-state index in [0.717, 1.165) is 51.9 Å². The van der Waals surface area contributed by atoms with E-state index in [2.05, 4.69) is 52.7 Å². The highest BCUT2D eigenvalue weighted by molar-refractivity contribution is 5.77. The topological polar surface area (TPSA) is 41.6 Å². The molecule has 2 aromatic rings. The summed E-state index contributed by atoms with van der Waals surface area (Å²) in [5, 5.41) is 3.06. The van der Waals surface area contributed by atoms with Crippen LogP contribution in [-0.4, -0.2) is 43.2 Å². The van der Waals surface area contributed by atoms with Crippen molar-refractivity contribution in [3.8, 4) is 11.1 Å². The lowest BCUT2D eigenvalue weighted by Gasteiger charge is -2.32. The average Bonchev–Trinajstić information content (AvgIpc) is 3.44. The number of hydrogen-bond donors (Lipinski definition) is 1. The zero-order chi connectivity index (χ0) is 21.0. The molecule has 1 N–H and O–H groups in total. The number of fused-ring (bicyclic) bond motifs is 3. The summed E-state index contributed by atoms with van der Waals surface area (Å²) in [5.41, 5.74) is 7.18. The minimum atomic E-state index is 0.192. The first-order chi connectivity index (χ1) is 15.2. The molecule has 0 saturated carbocycles. The van der Waals surface area contributed by atoms with Crippen molar-refractivity contribution in [2.75, 3.05) is 26.2 Å². The number of carbonyl (C=O) groups is 1. The molecule has 0 aromatic heterocycles. The lowest BCUT2D eigenvalue weighted by molar-refractivity contribution is -0.122. The molecule has 2 heterocycles. The number of ether oxygens (including phenoxy) is 1. The van der Waals surface area contributed by atoms with Crippen LogP contribution in [0.15, 0.2) is 42.5 Å². The Bertz CT molecular complexity index is 911. The first-order valence-corrected chi connectivity index (χ1v) is 12.1. The molecular weight excluding hydrogens is 384 g/mol. The molecule has 0 radical (unpaired) electrons. The Morgan fingerprint density at radius 3 is 2.71 bits per heavy atom. The van der Waals surface area contributed by atoms with E-state index in [0.29, 0.717) is 18.9 Å². The van der Waals surface area contributed by atoms with Crippen molar-refractivity contribution in [1.82, 2.24) is 10.2 Å². The molecule has 2 aromatic carbocycles. The number of nitrogens with zero attached hydrogens (tertiary/aromatic N) is 1. The standard InChI is InChI=1S/C27H34N2O2/c30-27(28-18-24-5-3-15-31-24)10-8-20-11-13-29(14-12-20)19-21-7-9-26-23(16-21)17-22-4-1-2-6-25(22)26/h1-2,4,6-7,9,16,20,24H,3,5,8,10-15,17-19H2,(H,28,30). The molecule has 4 nitrogen and oxygen atoms in total. The minimum Gasteiger partial charge on any atom is -0.376 e. The third-order valence-electron chi connectivity index (χ3n) is 7.30. The lowest BCUT2D eigenvalue weighted by Crippen LogP contribution is -2.34. The molecule has 1 unspecified atom stereocenters. The number of rotatable bonds is 7. The van der Waals surface area contributed by atoms with Crippen LogP contribution in [0.4, 0.5) is 0 Å². The molecule has 2 fully saturated rings. The van der Waals surface area contributed by atoms with E-state index in [-0.39, 0.29) is 12.0 Å². The summed E-state index contributed by atoms with van der Waals surface area (Å²) in [7, 11) is 0. The van der Waals surface area contributed by atoms with Crippen molar-refractivity contribution < 1.29 is 9.53 Å². The molecular formula is C27H34N2O2. The van der Waals surface area contributed by atoms with Gasteiger partial charge in [-0.15, -0.1) is 0 Å². The Balaban J connectivity index is 1.05. The predicted molar refractivity (Wildman–Crippen MR) is 124 cm³/mol. The number of benzene rings is 2. The van der Waals surface area contributed by atoms with E-state index in [1.165, 1.54) is 40.7 Å². The third-order valence-corrected chi connectivity index (χ3v) is 7.30. The maximum Gasteiger partial charge on any atom is 0.220 e. The molecule has 5 rings (SSSR count). The average molecular weight is 419 g/mol. The van der Waals surface area contributed by atoms with Crippen molar-refractivity contribution >= 4 is 5.91 Å². The van der Waals surface area contributed by atoms with Crippen LogP contribution >= 0.6 is 0 Å². The smallest absolute Gasteiger partial charge is 0.220 e. The Morgan fingerprint density at radius 1 is 1.03 bits per heavy atom. The summed E-state index contributed by atoms with van der Waals surface area (Å²) >= 11 is 0. The maximum absolute atomic E-state index is 12.1. The van der Waals surface area contributed by atoms with E-state index < -0.39 is 0 Å². The van der Waals surface area contributed by atoms with Gasteiger partial charge in [-0.1, -0.05) is 42.5 Å². The van der Waals surface area contributed by atoms with E-state index in [1.807, 2.05) is 0 Å². The van der Waals surface area contributed by atoms with Crippen LogP contribution in [0.1, 0.15) is 55.2 Å². The van der Waals surface area contributed by atoms with Crippen LogP contribution in [-0.2, 0) is 22.5 Å². The monoisotopic (exact) mass is 418 g/mol. The van der Waals surface area contributed by atoms with Gasteiger partial charge in [0.2, 0.25) is 5.91 Å². The van der Waals surface area contributed by atoms with Gasteiger partial charge in [-0.25, -0.2) is 0 Å². The number of hydrogen-bond acceptors (Lipinski definition) is 3. The van der Waals surface area contributed by atoms with Gasteiger partial charge in [-0.2, -0.15) is 0 Å². The largest absolute Gasteiger partial charge is 0.376 e. The van der Waals surface area contributed by atoms with Crippen molar-refractivity contribution in [3.05, 3.63) is 59.2 Å². The Kier molecular flexibility index (Phi) is 6.37. The molecule has 164 valence electrons. The van der Waals surface area contributed by atoms with Gasteiger partial charge < -0.3 is 10.1 Å². The first kappa shape index (κ1) is 20.7. The van der Waals surface area contributed by atoms with E-state index in [9.17, 15) is 4.79 Å². The SMILES string of the molecule is O=C(CCC1CCN(Cc2ccc3c(c2)Cc2ccccc2-3)CC1)NCC1CCCO1.